The topological polar surface area (TPSA) is 84.3 Å². The fourth-order valence-corrected chi connectivity index (χ4v) is 3.39. The molecule has 0 bridgehead atoms. The van der Waals surface area contributed by atoms with Gasteiger partial charge in [0, 0.05) is 39.3 Å². The predicted octanol–water partition coefficient (Wildman–Crippen LogP) is -0.394. The van der Waals surface area contributed by atoms with Crippen LogP contribution in [0, 0.1) is 0 Å². The normalized spacial score (nSPS) is 20.3. The van der Waals surface area contributed by atoms with Crippen LogP contribution in [0.4, 0.5) is 0 Å². The molecule has 0 aromatic rings. The molecule has 1 aliphatic heterocycles. The van der Waals surface area contributed by atoms with E-state index < -0.39 is 19.3 Å². The minimum atomic E-state index is -4.48. The molecule has 0 aliphatic carbocycles. The lowest BCUT2D eigenvalue weighted by molar-refractivity contribution is -0.134. The Morgan fingerprint density at radius 3 is 2.05 bits per heavy atom. The van der Waals surface area contributed by atoms with Gasteiger partial charge in [-0.05, 0) is 20.9 Å². The molecule has 1 unspecified atom stereocenters. The first-order valence-electron chi connectivity index (χ1n) is 6.57. The van der Waals surface area contributed by atoms with Crippen molar-refractivity contribution in [2.75, 3.05) is 46.3 Å². The number of nitrogens with zero attached hydrogens (tertiary/aromatic N) is 3. The molecule has 1 saturated heterocycles. The van der Waals surface area contributed by atoms with Crippen molar-refractivity contribution in [2.24, 2.45) is 0 Å². The second kappa shape index (κ2) is 6.81. The van der Waals surface area contributed by atoms with E-state index in [1.54, 1.807) is 4.90 Å². The number of amides is 1. The maximum atomic E-state index is 12.3. The molecule has 0 aromatic carbocycles. The lowest BCUT2D eigenvalue weighted by Crippen LogP contribution is -2.54. The summed E-state index contributed by atoms with van der Waals surface area (Å²) in [4.78, 5) is 36.5. The molecule has 1 heterocycles. The van der Waals surface area contributed by atoms with E-state index in [1.807, 2.05) is 20.9 Å². The largest absolute Gasteiger partial charge is 0.352 e. The summed E-state index contributed by atoms with van der Waals surface area (Å²) in [5, 5.41) is 0. The summed E-state index contributed by atoms with van der Waals surface area (Å²) in [6.45, 7) is 6.95. The third kappa shape index (κ3) is 4.26. The molecule has 1 fully saturated rings. The molecule has 1 atom stereocenters. The molecule has 2 N–H and O–H groups in total. The van der Waals surface area contributed by atoms with E-state index >= 15 is 0 Å². The van der Waals surface area contributed by atoms with Crippen molar-refractivity contribution in [2.45, 2.75) is 19.6 Å². The van der Waals surface area contributed by atoms with Gasteiger partial charge in [-0.3, -0.25) is 14.3 Å². The van der Waals surface area contributed by atoms with Gasteiger partial charge in [0.2, 0.25) is 0 Å². The minimum Gasteiger partial charge on any atom is -0.341 e. The second-order valence-electron chi connectivity index (χ2n) is 4.81. The first-order chi connectivity index (χ1) is 8.81. The van der Waals surface area contributed by atoms with E-state index in [9.17, 15) is 19.1 Å². The van der Waals surface area contributed by atoms with Crippen molar-refractivity contribution in [3.63, 3.8) is 0 Å². The number of rotatable bonds is 5. The monoisotopic (exact) mass is 293 g/mol. The van der Waals surface area contributed by atoms with Crippen molar-refractivity contribution < 1.29 is 19.1 Å². The van der Waals surface area contributed by atoms with Crippen LogP contribution in [0.2, 0.25) is 0 Å². The zero-order valence-corrected chi connectivity index (χ0v) is 12.7. The Morgan fingerprint density at radius 2 is 1.68 bits per heavy atom. The van der Waals surface area contributed by atoms with Crippen LogP contribution in [-0.4, -0.2) is 82.5 Å². The highest BCUT2D eigenvalue weighted by Crippen LogP contribution is 2.44. The van der Waals surface area contributed by atoms with Crippen molar-refractivity contribution in [3.8, 4) is 0 Å². The van der Waals surface area contributed by atoms with Gasteiger partial charge in [0.05, 0.1) is 0 Å². The Bertz CT molecular complexity index is 348. The van der Waals surface area contributed by atoms with Crippen LogP contribution in [0.25, 0.3) is 0 Å². The van der Waals surface area contributed by atoms with E-state index in [0.29, 0.717) is 39.3 Å². The summed E-state index contributed by atoms with van der Waals surface area (Å²) in [6.07, 6.45) is 0. The van der Waals surface area contributed by atoms with Crippen molar-refractivity contribution in [1.29, 1.82) is 0 Å². The second-order valence-corrected chi connectivity index (χ2v) is 6.48. The highest BCUT2D eigenvalue weighted by Gasteiger charge is 2.43. The van der Waals surface area contributed by atoms with Crippen LogP contribution in [0.15, 0.2) is 0 Å². The average Bonchev–Trinajstić information content (AvgIpc) is 2.32. The molecule has 0 saturated carbocycles. The highest BCUT2D eigenvalue weighted by atomic mass is 31.2. The molecule has 0 spiro atoms. The number of hydrogen-bond acceptors (Lipinski definition) is 4. The van der Waals surface area contributed by atoms with E-state index in [2.05, 4.69) is 4.90 Å². The van der Waals surface area contributed by atoms with E-state index in [4.69, 9.17) is 0 Å². The highest BCUT2D eigenvalue weighted by molar-refractivity contribution is 7.53. The summed E-state index contributed by atoms with van der Waals surface area (Å²) in [5.41, 5.74) is 0. The number of carbonyl (C=O) groups is 1. The van der Waals surface area contributed by atoms with E-state index in [-0.39, 0.29) is 0 Å². The zero-order chi connectivity index (χ0) is 14.6. The average molecular weight is 293 g/mol. The third-order valence-electron chi connectivity index (χ3n) is 3.50. The molecule has 0 radical (unpaired) electrons. The van der Waals surface area contributed by atoms with Gasteiger partial charge in [-0.2, -0.15) is 0 Å². The zero-order valence-electron chi connectivity index (χ0n) is 11.8. The van der Waals surface area contributed by atoms with Gasteiger partial charge in [-0.25, -0.2) is 0 Å². The molecule has 8 heteroatoms. The molecule has 112 valence electrons. The Labute approximate surface area is 114 Å². The quantitative estimate of drug-likeness (QED) is 0.671. The number of likely N-dealkylation sites (N-methyl/N-ethyl adjacent to an activating group) is 2. The van der Waals surface area contributed by atoms with E-state index in [0.717, 1.165) is 0 Å². The van der Waals surface area contributed by atoms with Gasteiger partial charge in [0.1, 0.15) is 0 Å². The Balaban J connectivity index is 2.90. The summed E-state index contributed by atoms with van der Waals surface area (Å²) in [6, 6.07) is 0. The fraction of sp³-hybridized carbons (Fsp3) is 0.909. The van der Waals surface area contributed by atoms with Crippen LogP contribution >= 0.6 is 7.60 Å². The smallest absolute Gasteiger partial charge is 0.341 e. The SMILES string of the molecule is CCN(CC)C(=O)C(N1CCN(C)CC1)P(=O)(O)O. The van der Waals surface area contributed by atoms with Crippen LogP contribution < -0.4 is 0 Å². The maximum Gasteiger partial charge on any atom is 0.352 e. The van der Waals surface area contributed by atoms with Crippen LogP contribution in [-0.2, 0) is 9.36 Å². The summed E-state index contributed by atoms with van der Waals surface area (Å²) in [5.74, 6) is -1.80. The van der Waals surface area contributed by atoms with Crippen LogP contribution in [0.3, 0.4) is 0 Å². The number of carbonyl (C=O) groups excluding carboxylic acids is 1. The van der Waals surface area contributed by atoms with Crippen molar-refractivity contribution >= 4 is 13.5 Å². The third-order valence-corrected chi connectivity index (χ3v) is 4.68. The lowest BCUT2D eigenvalue weighted by atomic mass is 10.3. The standard InChI is InChI=1S/C11H24N3O4P/c1-4-13(5-2)10(15)11(19(16,17)18)14-8-6-12(3)7-9-14/h11H,4-9H2,1-3H3,(H2,16,17,18). The van der Waals surface area contributed by atoms with E-state index in [1.165, 1.54) is 4.90 Å². The Hall–Kier alpha value is -0.460. The van der Waals surface area contributed by atoms with Gasteiger partial charge in [-0.1, -0.05) is 0 Å². The molecule has 19 heavy (non-hydrogen) atoms. The first kappa shape index (κ1) is 16.6. The first-order valence-corrected chi connectivity index (χ1v) is 8.26. The van der Waals surface area contributed by atoms with Gasteiger partial charge >= 0.3 is 7.60 Å². The number of hydrogen-bond donors (Lipinski definition) is 2. The van der Waals surface area contributed by atoms with Crippen molar-refractivity contribution in [1.82, 2.24) is 14.7 Å². The molecule has 1 aliphatic rings. The van der Waals surface area contributed by atoms with Crippen molar-refractivity contribution in [3.05, 3.63) is 0 Å². The summed E-state index contributed by atoms with van der Waals surface area (Å²) < 4.78 is 11.7. The van der Waals surface area contributed by atoms with Gasteiger partial charge < -0.3 is 19.6 Å². The molecule has 1 amide bonds. The lowest BCUT2D eigenvalue weighted by Gasteiger charge is -2.38. The number of piperazine rings is 1. The molecule has 0 aromatic heterocycles. The van der Waals surface area contributed by atoms with Gasteiger partial charge in [0.25, 0.3) is 5.91 Å². The minimum absolute atomic E-state index is 0.458. The van der Waals surface area contributed by atoms with Crippen LogP contribution in [0.5, 0.6) is 0 Å². The van der Waals surface area contributed by atoms with Gasteiger partial charge in [-0.15, -0.1) is 0 Å². The Morgan fingerprint density at radius 1 is 1.21 bits per heavy atom. The molecule has 7 nitrogen and oxygen atoms in total. The summed E-state index contributed by atoms with van der Waals surface area (Å²) >= 11 is 0. The predicted molar refractivity (Wildman–Crippen MR) is 72.8 cm³/mol. The molecule has 1 rings (SSSR count). The molecular formula is C11H24N3O4P. The van der Waals surface area contributed by atoms with Gasteiger partial charge in [0.15, 0.2) is 5.78 Å². The Kier molecular flexibility index (Phi) is 5.95. The fourth-order valence-electron chi connectivity index (χ4n) is 2.28. The van der Waals surface area contributed by atoms with Crippen LogP contribution in [0.1, 0.15) is 13.8 Å². The summed E-state index contributed by atoms with van der Waals surface area (Å²) in [7, 11) is -2.53. The molecular weight excluding hydrogens is 269 g/mol. The maximum absolute atomic E-state index is 12.3.